The number of hydrogen-bond donors (Lipinski definition) is 2. The van der Waals surface area contributed by atoms with Crippen LogP contribution in [-0.4, -0.2) is 19.1 Å². The first-order valence-electron chi connectivity index (χ1n) is 7.93. The lowest BCUT2D eigenvalue weighted by Gasteiger charge is -2.22. The van der Waals surface area contributed by atoms with Crippen LogP contribution in [0.25, 0.3) is 0 Å². The van der Waals surface area contributed by atoms with E-state index in [-0.39, 0.29) is 17.9 Å². The standard InChI is InChI=1S/C19H24N2O2/c1-3-23-17-11-9-16(10-12-17)18(15-7-5-4-6-8-15)21-19(22)14(2)13-20/h4-12,14,18H,3,13,20H2,1-2H3,(H,21,22). The first-order valence-corrected chi connectivity index (χ1v) is 7.93. The number of hydrogen-bond acceptors (Lipinski definition) is 3. The van der Waals surface area contributed by atoms with Gasteiger partial charge in [0.15, 0.2) is 0 Å². The van der Waals surface area contributed by atoms with Crippen molar-refractivity contribution in [3.8, 4) is 5.75 Å². The quantitative estimate of drug-likeness (QED) is 0.826. The maximum atomic E-state index is 12.3. The number of nitrogens with one attached hydrogen (secondary N) is 1. The molecular formula is C19H24N2O2. The summed E-state index contributed by atoms with van der Waals surface area (Å²) in [5, 5.41) is 3.09. The molecule has 0 saturated carbocycles. The molecule has 2 aromatic carbocycles. The summed E-state index contributed by atoms with van der Waals surface area (Å²) in [5.41, 5.74) is 7.65. The second-order valence-electron chi connectivity index (χ2n) is 5.49. The molecule has 0 aliphatic rings. The Morgan fingerprint density at radius 3 is 2.26 bits per heavy atom. The van der Waals surface area contributed by atoms with Gasteiger partial charge in [-0.25, -0.2) is 0 Å². The second kappa shape index (κ2) is 8.34. The van der Waals surface area contributed by atoms with Gasteiger partial charge in [-0.2, -0.15) is 0 Å². The van der Waals surface area contributed by atoms with E-state index in [1.807, 2.05) is 68.4 Å². The van der Waals surface area contributed by atoms with E-state index in [0.29, 0.717) is 13.2 Å². The van der Waals surface area contributed by atoms with Gasteiger partial charge in [-0.1, -0.05) is 49.4 Å². The molecule has 0 heterocycles. The zero-order valence-corrected chi connectivity index (χ0v) is 13.7. The van der Waals surface area contributed by atoms with Crippen molar-refractivity contribution in [2.45, 2.75) is 19.9 Å². The van der Waals surface area contributed by atoms with E-state index in [1.165, 1.54) is 0 Å². The minimum absolute atomic E-state index is 0.0461. The predicted octanol–water partition coefficient (Wildman–Crippen LogP) is 2.89. The molecule has 0 spiro atoms. The molecule has 0 saturated heterocycles. The van der Waals surface area contributed by atoms with Crippen LogP contribution in [0.2, 0.25) is 0 Å². The molecule has 122 valence electrons. The highest BCUT2D eigenvalue weighted by Crippen LogP contribution is 2.24. The molecule has 1 amide bonds. The van der Waals surface area contributed by atoms with Gasteiger partial charge in [-0.15, -0.1) is 0 Å². The topological polar surface area (TPSA) is 64.3 Å². The van der Waals surface area contributed by atoms with E-state index in [9.17, 15) is 4.79 Å². The average Bonchev–Trinajstić information content (AvgIpc) is 2.60. The monoisotopic (exact) mass is 312 g/mol. The number of ether oxygens (including phenoxy) is 1. The van der Waals surface area contributed by atoms with Crippen LogP contribution >= 0.6 is 0 Å². The summed E-state index contributed by atoms with van der Waals surface area (Å²) in [4.78, 5) is 12.3. The summed E-state index contributed by atoms with van der Waals surface area (Å²) in [6, 6.07) is 17.5. The maximum absolute atomic E-state index is 12.3. The van der Waals surface area contributed by atoms with Crippen molar-refractivity contribution < 1.29 is 9.53 Å². The first-order chi connectivity index (χ1) is 11.2. The van der Waals surface area contributed by atoms with Crippen molar-refractivity contribution in [3.05, 3.63) is 65.7 Å². The number of carbonyl (C=O) groups excluding carboxylic acids is 1. The fraction of sp³-hybridized carbons (Fsp3) is 0.316. The zero-order chi connectivity index (χ0) is 16.7. The summed E-state index contributed by atoms with van der Waals surface area (Å²) in [7, 11) is 0. The highest BCUT2D eigenvalue weighted by atomic mass is 16.5. The van der Waals surface area contributed by atoms with Crippen LogP contribution in [0.5, 0.6) is 5.75 Å². The third-order valence-electron chi connectivity index (χ3n) is 3.75. The normalized spacial score (nSPS) is 13.2. The highest BCUT2D eigenvalue weighted by Gasteiger charge is 2.19. The molecule has 4 heteroatoms. The molecular weight excluding hydrogens is 288 g/mol. The summed E-state index contributed by atoms with van der Waals surface area (Å²) in [5.74, 6) is 0.559. The molecule has 2 aromatic rings. The molecule has 3 N–H and O–H groups in total. The second-order valence-corrected chi connectivity index (χ2v) is 5.49. The number of carbonyl (C=O) groups is 1. The largest absolute Gasteiger partial charge is 0.494 e. The van der Waals surface area contributed by atoms with E-state index in [1.54, 1.807) is 0 Å². The minimum Gasteiger partial charge on any atom is -0.494 e. The molecule has 4 nitrogen and oxygen atoms in total. The lowest BCUT2D eigenvalue weighted by molar-refractivity contribution is -0.124. The zero-order valence-electron chi connectivity index (χ0n) is 13.7. The Morgan fingerprint density at radius 1 is 1.09 bits per heavy atom. The molecule has 0 bridgehead atoms. The van der Waals surface area contributed by atoms with Crippen LogP contribution in [0, 0.1) is 5.92 Å². The van der Waals surface area contributed by atoms with Crippen LogP contribution in [0.4, 0.5) is 0 Å². The Balaban J connectivity index is 2.28. The SMILES string of the molecule is CCOc1ccc(C(NC(=O)C(C)CN)c2ccccc2)cc1. The Bertz CT molecular complexity index is 611. The number of nitrogens with two attached hydrogens (primary N) is 1. The van der Waals surface area contributed by atoms with Gasteiger partial charge in [0.1, 0.15) is 5.75 Å². The predicted molar refractivity (Wildman–Crippen MR) is 92.3 cm³/mol. The summed E-state index contributed by atoms with van der Waals surface area (Å²) < 4.78 is 5.48. The third-order valence-corrected chi connectivity index (χ3v) is 3.75. The molecule has 0 aliphatic carbocycles. The molecule has 2 atom stereocenters. The Labute approximate surface area is 137 Å². The van der Waals surface area contributed by atoms with Crippen molar-refractivity contribution in [1.82, 2.24) is 5.32 Å². The van der Waals surface area contributed by atoms with Crippen LogP contribution in [-0.2, 0) is 4.79 Å². The number of benzene rings is 2. The fourth-order valence-corrected chi connectivity index (χ4v) is 2.32. The number of amides is 1. The molecule has 0 fully saturated rings. The van der Waals surface area contributed by atoms with Gasteiger partial charge in [0.05, 0.1) is 12.6 Å². The van der Waals surface area contributed by atoms with Crippen molar-refractivity contribution in [3.63, 3.8) is 0 Å². The van der Waals surface area contributed by atoms with Crippen molar-refractivity contribution in [2.75, 3.05) is 13.2 Å². The highest BCUT2D eigenvalue weighted by molar-refractivity contribution is 5.79. The van der Waals surface area contributed by atoms with E-state index in [4.69, 9.17) is 10.5 Å². The van der Waals surface area contributed by atoms with E-state index >= 15 is 0 Å². The van der Waals surface area contributed by atoms with E-state index in [0.717, 1.165) is 16.9 Å². The van der Waals surface area contributed by atoms with Gasteiger partial charge >= 0.3 is 0 Å². The van der Waals surface area contributed by atoms with Gasteiger partial charge in [0.2, 0.25) is 5.91 Å². The molecule has 2 rings (SSSR count). The van der Waals surface area contributed by atoms with E-state index < -0.39 is 0 Å². The molecule has 2 unspecified atom stereocenters. The van der Waals surface area contributed by atoms with Crippen molar-refractivity contribution in [2.24, 2.45) is 11.7 Å². The van der Waals surface area contributed by atoms with Gasteiger partial charge in [0, 0.05) is 12.5 Å². The number of rotatable bonds is 7. The maximum Gasteiger partial charge on any atom is 0.224 e. The lowest BCUT2D eigenvalue weighted by atomic mass is 9.97. The van der Waals surface area contributed by atoms with Gasteiger partial charge in [-0.3, -0.25) is 4.79 Å². The van der Waals surface area contributed by atoms with Crippen LogP contribution in [0.15, 0.2) is 54.6 Å². The average molecular weight is 312 g/mol. The van der Waals surface area contributed by atoms with Crippen molar-refractivity contribution >= 4 is 5.91 Å². The Hall–Kier alpha value is -2.33. The van der Waals surface area contributed by atoms with Gasteiger partial charge in [0.25, 0.3) is 0 Å². The first kappa shape index (κ1) is 17.0. The lowest BCUT2D eigenvalue weighted by Crippen LogP contribution is -2.36. The van der Waals surface area contributed by atoms with Crippen LogP contribution < -0.4 is 15.8 Å². The summed E-state index contributed by atoms with van der Waals surface area (Å²) >= 11 is 0. The Morgan fingerprint density at radius 2 is 1.70 bits per heavy atom. The van der Waals surface area contributed by atoms with Gasteiger partial charge in [-0.05, 0) is 30.2 Å². The molecule has 23 heavy (non-hydrogen) atoms. The molecule has 0 aliphatic heterocycles. The summed E-state index contributed by atoms with van der Waals surface area (Å²) in [6.45, 7) is 4.74. The molecule has 0 radical (unpaired) electrons. The fourth-order valence-electron chi connectivity index (χ4n) is 2.32. The minimum atomic E-state index is -0.219. The smallest absolute Gasteiger partial charge is 0.224 e. The van der Waals surface area contributed by atoms with Crippen molar-refractivity contribution in [1.29, 1.82) is 0 Å². The molecule has 0 aromatic heterocycles. The van der Waals surface area contributed by atoms with E-state index in [2.05, 4.69) is 5.32 Å². The van der Waals surface area contributed by atoms with Crippen LogP contribution in [0.1, 0.15) is 31.0 Å². The third kappa shape index (κ3) is 4.57. The van der Waals surface area contributed by atoms with Crippen LogP contribution in [0.3, 0.4) is 0 Å². The van der Waals surface area contributed by atoms with Gasteiger partial charge < -0.3 is 15.8 Å². The summed E-state index contributed by atoms with van der Waals surface area (Å²) in [6.07, 6.45) is 0. The Kier molecular flexibility index (Phi) is 6.18.